The number of carbonyl (C=O) groups excluding carboxylic acids is 2. The Kier molecular flexibility index (Phi) is 5.74. The Labute approximate surface area is 164 Å². The first kappa shape index (κ1) is 18.9. The van der Waals surface area contributed by atoms with Gasteiger partial charge in [-0.25, -0.2) is 9.18 Å². The first-order valence-electron chi connectivity index (χ1n) is 7.78. The van der Waals surface area contributed by atoms with Crippen molar-refractivity contribution in [2.45, 2.75) is 0 Å². The maximum Gasteiger partial charge on any atom is 0.348 e. The molecule has 0 unspecified atom stereocenters. The van der Waals surface area contributed by atoms with Crippen molar-refractivity contribution in [1.82, 2.24) is 0 Å². The molecule has 3 aromatic carbocycles. The quantitative estimate of drug-likeness (QED) is 0.455. The highest BCUT2D eigenvalue weighted by Gasteiger charge is 2.18. The fourth-order valence-corrected chi connectivity index (χ4v) is 2.76. The van der Waals surface area contributed by atoms with Crippen molar-refractivity contribution in [1.29, 1.82) is 0 Å². The molecular formula is C20H12Cl2FNO3. The third-order valence-electron chi connectivity index (χ3n) is 3.61. The van der Waals surface area contributed by atoms with E-state index in [0.29, 0.717) is 16.3 Å². The van der Waals surface area contributed by atoms with Gasteiger partial charge >= 0.3 is 5.97 Å². The normalized spacial score (nSPS) is 10.3. The fourth-order valence-electron chi connectivity index (χ4n) is 2.30. The van der Waals surface area contributed by atoms with Gasteiger partial charge in [-0.3, -0.25) is 4.79 Å². The Bertz CT molecular complexity index is 986. The maximum absolute atomic E-state index is 13.8. The monoisotopic (exact) mass is 403 g/mol. The Morgan fingerprint density at radius 1 is 0.852 bits per heavy atom. The molecule has 0 fully saturated rings. The molecule has 27 heavy (non-hydrogen) atoms. The predicted octanol–water partition coefficient (Wildman–Crippen LogP) is 5.60. The molecule has 1 N–H and O–H groups in total. The number of carbonyl (C=O) groups is 2. The summed E-state index contributed by atoms with van der Waals surface area (Å²) in [5.41, 5.74) is 0.475. The van der Waals surface area contributed by atoms with Gasteiger partial charge in [0.1, 0.15) is 17.1 Å². The second-order valence-electron chi connectivity index (χ2n) is 5.44. The van der Waals surface area contributed by atoms with Gasteiger partial charge in [0.05, 0.1) is 15.6 Å². The van der Waals surface area contributed by atoms with Crippen molar-refractivity contribution >= 4 is 40.8 Å². The molecule has 0 bridgehead atoms. The zero-order valence-electron chi connectivity index (χ0n) is 13.7. The summed E-state index contributed by atoms with van der Waals surface area (Å²) >= 11 is 11.8. The zero-order valence-corrected chi connectivity index (χ0v) is 15.2. The summed E-state index contributed by atoms with van der Waals surface area (Å²) in [6.45, 7) is 0. The molecule has 0 aliphatic carbocycles. The van der Waals surface area contributed by atoms with E-state index in [-0.39, 0.29) is 22.2 Å². The van der Waals surface area contributed by atoms with E-state index in [4.69, 9.17) is 27.9 Å². The summed E-state index contributed by atoms with van der Waals surface area (Å²) in [4.78, 5) is 24.3. The van der Waals surface area contributed by atoms with Gasteiger partial charge < -0.3 is 10.1 Å². The Balaban J connectivity index is 1.70. The van der Waals surface area contributed by atoms with Crippen LogP contribution in [0.2, 0.25) is 10.0 Å². The molecule has 0 radical (unpaired) electrons. The van der Waals surface area contributed by atoms with Crippen LogP contribution in [0.3, 0.4) is 0 Å². The highest BCUT2D eigenvalue weighted by Crippen LogP contribution is 2.23. The van der Waals surface area contributed by atoms with Crippen LogP contribution in [-0.4, -0.2) is 11.9 Å². The largest absolute Gasteiger partial charge is 0.423 e. The van der Waals surface area contributed by atoms with Crippen molar-refractivity contribution in [3.8, 4) is 5.75 Å². The van der Waals surface area contributed by atoms with Crippen LogP contribution in [0.15, 0.2) is 66.7 Å². The van der Waals surface area contributed by atoms with E-state index in [1.807, 2.05) is 0 Å². The number of ether oxygens (including phenoxy) is 1. The van der Waals surface area contributed by atoms with Crippen molar-refractivity contribution < 1.29 is 18.7 Å². The zero-order chi connectivity index (χ0) is 19.4. The molecule has 0 saturated carbocycles. The van der Waals surface area contributed by atoms with Gasteiger partial charge in [0.15, 0.2) is 0 Å². The molecular weight excluding hydrogens is 392 g/mol. The van der Waals surface area contributed by atoms with Crippen LogP contribution < -0.4 is 10.1 Å². The van der Waals surface area contributed by atoms with Gasteiger partial charge in [0, 0.05) is 5.69 Å². The van der Waals surface area contributed by atoms with Crippen molar-refractivity contribution in [3.63, 3.8) is 0 Å². The Morgan fingerprint density at radius 3 is 2.19 bits per heavy atom. The van der Waals surface area contributed by atoms with Crippen LogP contribution in [0.1, 0.15) is 20.7 Å². The molecule has 0 spiro atoms. The van der Waals surface area contributed by atoms with Gasteiger partial charge in [-0.05, 0) is 48.5 Å². The molecule has 0 saturated heterocycles. The average molecular weight is 404 g/mol. The van der Waals surface area contributed by atoms with E-state index in [2.05, 4.69) is 5.32 Å². The molecule has 0 aliphatic heterocycles. The van der Waals surface area contributed by atoms with Crippen LogP contribution in [0.4, 0.5) is 10.1 Å². The molecule has 0 heterocycles. The van der Waals surface area contributed by atoms with E-state index < -0.39 is 11.8 Å². The Hall–Kier alpha value is -2.89. The molecule has 3 rings (SSSR count). The van der Waals surface area contributed by atoms with Gasteiger partial charge in [0.25, 0.3) is 5.91 Å². The Morgan fingerprint density at radius 2 is 1.52 bits per heavy atom. The minimum atomic E-state index is -0.911. The van der Waals surface area contributed by atoms with Crippen molar-refractivity contribution in [3.05, 3.63) is 93.7 Å². The van der Waals surface area contributed by atoms with E-state index in [0.717, 1.165) is 6.07 Å². The van der Waals surface area contributed by atoms with Gasteiger partial charge in [-0.2, -0.15) is 0 Å². The average Bonchev–Trinajstić information content (AvgIpc) is 2.63. The first-order valence-corrected chi connectivity index (χ1v) is 8.53. The number of nitrogens with one attached hydrogen (secondary N) is 1. The van der Waals surface area contributed by atoms with Gasteiger partial charge in [-0.1, -0.05) is 41.4 Å². The highest BCUT2D eigenvalue weighted by atomic mass is 35.5. The standard InChI is InChI=1S/C20H12Cl2FNO3/c21-15-5-2-1-4-14(15)19(25)24-12-8-10-13(11-9-12)27-20(26)18-16(22)6-3-7-17(18)23/h1-11H,(H,24,25). The lowest BCUT2D eigenvalue weighted by Crippen LogP contribution is -2.13. The van der Waals surface area contributed by atoms with Crippen LogP contribution in [0.5, 0.6) is 5.75 Å². The first-order chi connectivity index (χ1) is 13.0. The smallest absolute Gasteiger partial charge is 0.348 e. The second kappa shape index (κ2) is 8.20. The number of halogens is 3. The lowest BCUT2D eigenvalue weighted by molar-refractivity contribution is 0.0730. The second-order valence-corrected chi connectivity index (χ2v) is 6.26. The number of benzene rings is 3. The molecule has 4 nitrogen and oxygen atoms in total. The number of hydrogen-bond donors (Lipinski definition) is 1. The maximum atomic E-state index is 13.8. The molecule has 3 aromatic rings. The van der Waals surface area contributed by atoms with Gasteiger partial charge in [0.2, 0.25) is 0 Å². The van der Waals surface area contributed by atoms with Crippen LogP contribution in [0.25, 0.3) is 0 Å². The SMILES string of the molecule is O=C(Nc1ccc(OC(=O)c2c(F)cccc2Cl)cc1)c1ccccc1Cl. The van der Waals surface area contributed by atoms with Crippen LogP contribution >= 0.6 is 23.2 Å². The van der Waals surface area contributed by atoms with E-state index in [1.54, 1.807) is 36.4 Å². The summed E-state index contributed by atoms with van der Waals surface area (Å²) in [5.74, 6) is -1.87. The minimum absolute atomic E-state index is 0.0383. The summed E-state index contributed by atoms with van der Waals surface area (Å²) in [7, 11) is 0. The van der Waals surface area contributed by atoms with E-state index >= 15 is 0 Å². The summed E-state index contributed by atoms with van der Waals surface area (Å²) in [5, 5.41) is 2.98. The lowest BCUT2D eigenvalue weighted by Gasteiger charge is -2.09. The number of hydrogen-bond acceptors (Lipinski definition) is 3. The molecule has 136 valence electrons. The fraction of sp³-hybridized carbons (Fsp3) is 0. The van der Waals surface area contributed by atoms with Gasteiger partial charge in [-0.15, -0.1) is 0 Å². The molecule has 7 heteroatoms. The number of anilines is 1. The molecule has 0 aromatic heterocycles. The molecule has 0 aliphatic rings. The van der Waals surface area contributed by atoms with Crippen LogP contribution in [-0.2, 0) is 0 Å². The van der Waals surface area contributed by atoms with Crippen LogP contribution in [0, 0.1) is 5.82 Å². The topological polar surface area (TPSA) is 55.4 Å². The number of rotatable bonds is 4. The highest BCUT2D eigenvalue weighted by molar-refractivity contribution is 6.34. The lowest BCUT2D eigenvalue weighted by atomic mass is 10.2. The summed E-state index contributed by atoms with van der Waals surface area (Å²) in [6.07, 6.45) is 0. The number of amides is 1. The van der Waals surface area contributed by atoms with Crippen molar-refractivity contribution in [2.75, 3.05) is 5.32 Å². The molecule has 0 atom stereocenters. The third-order valence-corrected chi connectivity index (χ3v) is 4.25. The van der Waals surface area contributed by atoms with E-state index in [9.17, 15) is 14.0 Å². The van der Waals surface area contributed by atoms with Crippen molar-refractivity contribution in [2.24, 2.45) is 0 Å². The summed E-state index contributed by atoms with van der Waals surface area (Å²) < 4.78 is 18.9. The molecule has 1 amide bonds. The minimum Gasteiger partial charge on any atom is -0.423 e. The summed E-state index contributed by atoms with van der Waals surface area (Å²) in [6, 6.07) is 16.6. The predicted molar refractivity (Wildman–Crippen MR) is 102 cm³/mol. The number of esters is 1. The van der Waals surface area contributed by atoms with E-state index in [1.165, 1.54) is 24.3 Å². The third kappa shape index (κ3) is 4.45.